The minimum Gasteiger partial charge on any atom is -0.386 e. The molecule has 3 nitrogen and oxygen atoms in total. The van der Waals surface area contributed by atoms with Gasteiger partial charge in [-0.05, 0) is 25.2 Å². The summed E-state index contributed by atoms with van der Waals surface area (Å²) in [6.45, 7) is 0.542. The summed E-state index contributed by atoms with van der Waals surface area (Å²) in [5.41, 5.74) is 0.845. The third kappa shape index (κ3) is 2.29. The van der Waals surface area contributed by atoms with Gasteiger partial charge in [-0.2, -0.15) is 0 Å². The summed E-state index contributed by atoms with van der Waals surface area (Å²) in [4.78, 5) is 5.09. The number of hydrogen-bond donors (Lipinski definition) is 2. The largest absolute Gasteiger partial charge is 0.386 e. The number of aliphatic hydroxyl groups excluding tert-OH is 1. The van der Waals surface area contributed by atoms with Crippen molar-refractivity contribution in [3.8, 4) is 0 Å². The van der Waals surface area contributed by atoms with E-state index < -0.39 is 6.10 Å². The van der Waals surface area contributed by atoms with Gasteiger partial charge in [0.15, 0.2) is 0 Å². The SMILES string of the molecule is CNCC(O)c1cc2nc(Cl)ccc2s1. The lowest BCUT2D eigenvalue weighted by Gasteiger charge is -2.05. The Bertz CT molecular complexity index is 471. The zero-order chi connectivity index (χ0) is 10.8. The highest BCUT2D eigenvalue weighted by molar-refractivity contribution is 7.19. The number of nitrogens with one attached hydrogen (secondary N) is 1. The van der Waals surface area contributed by atoms with Crippen molar-refractivity contribution >= 4 is 33.2 Å². The molecule has 0 saturated carbocycles. The number of thiophene rings is 1. The maximum absolute atomic E-state index is 9.78. The lowest BCUT2D eigenvalue weighted by molar-refractivity contribution is 0.181. The molecule has 0 amide bonds. The fourth-order valence-electron chi connectivity index (χ4n) is 1.38. The van der Waals surface area contributed by atoms with Crippen molar-refractivity contribution in [2.45, 2.75) is 6.10 Å². The molecule has 2 heterocycles. The summed E-state index contributed by atoms with van der Waals surface area (Å²) in [5, 5.41) is 13.2. The van der Waals surface area contributed by atoms with Crippen LogP contribution in [0.2, 0.25) is 5.15 Å². The summed E-state index contributed by atoms with van der Waals surface area (Å²) in [6.07, 6.45) is -0.479. The zero-order valence-corrected chi connectivity index (χ0v) is 9.77. The van der Waals surface area contributed by atoms with Gasteiger partial charge in [0, 0.05) is 11.4 Å². The Morgan fingerprint density at radius 3 is 3.13 bits per heavy atom. The molecule has 1 atom stereocenters. The molecule has 2 N–H and O–H groups in total. The second kappa shape index (κ2) is 4.45. The maximum Gasteiger partial charge on any atom is 0.129 e. The van der Waals surface area contributed by atoms with Crippen LogP contribution in [0, 0.1) is 0 Å². The third-order valence-electron chi connectivity index (χ3n) is 2.08. The Kier molecular flexibility index (Phi) is 3.21. The number of nitrogens with zero attached hydrogens (tertiary/aromatic N) is 1. The monoisotopic (exact) mass is 242 g/mol. The molecule has 0 fully saturated rings. The average Bonchev–Trinajstić information content (AvgIpc) is 2.60. The van der Waals surface area contributed by atoms with Crippen molar-refractivity contribution in [1.29, 1.82) is 0 Å². The first-order valence-electron chi connectivity index (χ1n) is 4.59. The van der Waals surface area contributed by atoms with Crippen LogP contribution in [0.1, 0.15) is 11.0 Å². The van der Waals surface area contributed by atoms with E-state index in [1.807, 2.05) is 19.2 Å². The van der Waals surface area contributed by atoms with E-state index in [-0.39, 0.29) is 0 Å². The number of pyridine rings is 1. The minimum absolute atomic E-state index is 0.479. The normalized spacial score (nSPS) is 13.3. The predicted molar refractivity (Wildman–Crippen MR) is 63.5 cm³/mol. The number of halogens is 1. The second-order valence-electron chi connectivity index (χ2n) is 3.24. The van der Waals surface area contributed by atoms with Crippen molar-refractivity contribution < 1.29 is 5.11 Å². The Balaban J connectivity index is 2.38. The number of likely N-dealkylation sites (N-methyl/N-ethyl adjacent to an activating group) is 1. The molecule has 2 aromatic heterocycles. The highest BCUT2D eigenvalue weighted by atomic mass is 35.5. The van der Waals surface area contributed by atoms with E-state index in [9.17, 15) is 5.11 Å². The number of hydrogen-bond acceptors (Lipinski definition) is 4. The van der Waals surface area contributed by atoms with Crippen LogP contribution in [-0.2, 0) is 0 Å². The van der Waals surface area contributed by atoms with Gasteiger partial charge in [0.05, 0.1) is 10.2 Å². The van der Waals surface area contributed by atoms with Gasteiger partial charge in [0.25, 0.3) is 0 Å². The second-order valence-corrected chi connectivity index (χ2v) is 4.74. The zero-order valence-electron chi connectivity index (χ0n) is 8.20. The van der Waals surface area contributed by atoms with Gasteiger partial charge >= 0.3 is 0 Å². The first-order chi connectivity index (χ1) is 7.20. The van der Waals surface area contributed by atoms with Crippen LogP contribution in [-0.4, -0.2) is 23.7 Å². The average molecular weight is 243 g/mol. The van der Waals surface area contributed by atoms with E-state index in [1.54, 1.807) is 17.4 Å². The highest BCUT2D eigenvalue weighted by Crippen LogP contribution is 2.29. The molecule has 80 valence electrons. The van der Waals surface area contributed by atoms with Crippen molar-refractivity contribution in [1.82, 2.24) is 10.3 Å². The molecule has 5 heteroatoms. The number of aromatic nitrogens is 1. The Labute approximate surface area is 96.7 Å². The van der Waals surface area contributed by atoms with Crippen LogP contribution in [0.5, 0.6) is 0 Å². The molecule has 0 aliphatic carbocycles. The Hall–Kier alpha value is -0.680. The van der Waals surface area contributed by atoms with Crippen molar-refractivity contribution in [2.75, 3.05) is 13.6 Å². The molecule has 2 rings (SSSR count). The smallest absolute Gasteiger partial charge is 0.129 e. The van der Waals surface area contributed by atoms with Gasteiger partial charge in [0.2, 0.25) is 0 Å². The quantitative estimate of drug-likeness (QED) is 0.812. The fraction of sp³-hybridized carbons (Fsp3) is 0.300. The van der Waals surface area contributed by atoms with E-state index in [0.717, 1.165) is 15.1 Å². The molecule has 15 heavy (non-hydrogen) atoms. The Morgan fingerprint density at radius 1 is 1.60 bits per heavy atom. The standard InChI is InChI=1S/C10H11ClN2OS/c1-12-5-7(14)9-4-6-8(15-9)2-3-10(11)13-6/h2-4,7,12,14H,5H2,1H3. The molecule has 0 aromatic carbocycles. The lowest BCUT2D eigenvalue weighted by Crippen LogP contribution is -2.15. The van der Waals surface area contributed by atoms with Crippen molar-refractivity contribution in [3.05, 3.63) is 28.2 Å². The van der Waals surface area contributed by atoms with Crippen LogP contribution in [0.25, 0.3) is 10.2 Å². The molecule has 0 bridgehead atoms. The summed E-state index contributed by atoms with van der Waals surface area (Å²) in [7, 11) is 1.81. The van der Waals surface area contributed by atoms with E-state index in [2.05, 4.69) is 10.3 Å². The van der Waals surface area contributed by atoms with Crippen molar-refractivity contribution in [3.63, 3.8) is 0 Å². The predicted octanol–water partition coefficient (Wildman–Crippen LogP) is 2.20. The van der Waals surface area contributed by atoms with Crippen LogP contribution in [0.4, 0.5) is 0 Å². The number of rotatable bonds is 3. The van der Waals surface area contributed by atoms with Gasteiger partial charge in [-0.3, -0.25) is 0 Å². The third-order valence-corrected chi connectivity index (χ3v) is 3.49. The molecular weight excluding hydrogens is 232 g/mol. The van der Waals surface area contributed by atoms with Gasteiger partial charge in [-0.1, -0.05) is 11.6 Å². The maximum atomic E-state index is 9.78. The summed E-state index contributed by atoms with van der Waals surface area (Å²) in [6, 6.07) is 5.56. The van der Waals surface area contributed by atoms with Crippen LogP contribution in [0.15, 0.2) is 18.2 Å². The molecule has 0 saturated heterocycles. The van der Waals surface area contributed by atoms with Gasteiger partial charge in [0.1, 0.15) is 11.3 Å². The number of fused-ring (bicyclic) bond motifs is 1. The summed E-state index contributed by atoms with van der Waals surface area (Å²) >= 11 is 7.33. The minimum atomic E-state index is -0.479. The molecule has 2 aromatic rings. The fourth-order valence-corrected chi connectivity index (χ4v) is 2.52. The van der Waals surface area contributed by atoms with Crippen LogP contribution >= 0.6 is 22.9 Å². The van der Waals surface area contributed by atoms with E-state index in [4.69, 9.17) is 11.6 Å². The molecule has 0 aliphatic heterocycles. The topological polar surface area (TPSA) is 45.1 Å². The molecule has 0 spiro atoms. The van der Waals surface area contributed by atoms with Gasteiger partial charge in [-0.25, -0.2) is 4.98 Å². The van der Waals surface area contributed by atoms with Gasteiger partial charge in [-0.15, -0.1) is 11.3 Å². The first-order valence-corrected chi connectivity index (χ1v) is 5.79. The summed E-state index contributed by atoms with van der Waals surface area (Å²) in [5.74, 6) is 0. The lowest BCUT2D eigenvalue weighted by atomic mass is 10.3. The van der Waals surface area contributed by atoms with E-state index >= 15 is 0 Å². The van der Waals surface area contributed by atoms with Crippen LogP contribution < -0.4 is 5.32 Å². The first kappa shape index (κ1) is 10.8. The molecule has 1 unspecified atom stereocenters. The van der Waals surface area contributed by atoms with E-state index in [0.29, 0.717) is 11.7 Å². The van der Waals surface area contributed by atoms with Crippen molar-refractivity contribution in [2.24, 2.45) is 0 Å². The molecule has 0 radical (unpaired) electrons. The highest BCUT2D eigenvalue weighted by Gasteiger charge is 2.11. The molecule has 0 aliphatic rings. The van der Waals surface area contributed by atoms with E-state index in [1.165, 1.54) is 0 Å². The van der Waals surface area contributed by atoms with Gasteiger partial charge < -0.3 is 10.4 Å². The molecular formula is C10H11ClN2OS. The van der Waals surface area contributed by atoms with Crippen LogP contribution in [0.3, 0.4) is 0 Å². The Morgan fingerprint density at radius 2 is 2.40 bits per heavy atom. The summed E-state index contributed by atoms with van der Waals surface area (Å²) < 4.78 is 1.05. The number of aliphatic hydroxyl groups is 1.